The molecule has 8 nitrogen and oxygen atoms in total. The van der Waals surface area contributed by atoms with E-state index in [-0.39, 0.29) is 28.7 Å². The number of fused-ring (bicyclic) bond motifs is 1. The summed E-state index contributed by atoms with van der Waals surface area (Å²) in [5.41, 5.74) is -0.0281. The van der Waals surface area contributed by atoms with E-state index in [0.29, 0.717) is 34.0 Å². The maximum atomic E-state index is 12.7. The topological polar surface area (TPSA) is 110 Å². The predicted octanol–water partition coefficient (Wildman–Crippen LogP) is 1.93. The highest BCUT2D eigenvalue weighted by Crippen LogP contribution is 2.38. The number of hydrogen-bond donors (Lipinski definition) is 1. The van der Waals surface area contributed by atoms with Crippen LogP contribution in [0.1, 0.15) is 10.4 Å². The molecule has 1 heterocycles. The van der Waals surface area contributed by atoms with E-state index in [4.69, 9.17) is 18.6 Å². The molecule has 0 saturated heterocycles. The van der Waals surface area contributed by atoms with Gasteiger partial charge < -0.3 is 29.1 Å². The molecule has 164 valence electrons. The lowest BCUT2D eigenvalue weighted by Crippen LogP contribution is -2.30. The zero-order chi connectivity index (χ0) is 22.5. The summed E-state index contributed by atoms with van der Waals surface area (Å²) in [5.74, 6) is 0.869. The summed E-state index contributed by atoms with van der Waals surface area (Å²) < 4.78 is 21.1. The van der Waals surface area contributed by atoms with E-state index in [9.17, 15) is 14.7 Å². The normalized spacial score (nSPS) is 11.7. The van der Waals surface area contributed by atoms with Crippen LogP contribution in [0.2, 0.25) is 0 Å². The minimum Gasteiger partial charge on any atom is -0.868 e. The van der Waals surface area contributed by atoms with Crippen molar-refractivity contribution < 1.29 is 28.5 Å². The van der Waals surface area contributed by atoms with Crippen LogP contribution in [-0.4, -0.2) is 45.8 Å². The standard InChI is InChI=1S/C22H23NO7S/c1-27-16-11-13(12-17(28-2)19(16)29-3)21(25)23-9-10-31(4)20-18(24)14-7-5-6-8-15(14)30-22(20)26/h5-8,11-12H,9-10H2,1-4H3,(H-,23,24,25,26). The van der Waals surface area contributed by atoms with Crippen molar-refractivity contribution in [3.05, 3.63) is 52.4 Å². The number of para-hydroxylation sites is 1. The van der Waals surface area contributed by atoms with Gasteiger partial charge in [-0.05, 0) is 23.9 Å². The monoisotopic (exact) mass is 445 g/mol. The summed E-state index contributed by atoms with van der Waals surface area (Å²) in [7, 11) is 3.72. The van der Waals surface area contributed by atoms with Gasteiger partial charge >= 0.3 is 5.63 Å². The van der Waals surface area contributed by atoms with Crippen molar-refractivity contribution in [2.45, 2.75) is 4.90 Å². The lowest BCUT2D eigenvalue weighted by Gasteiger charge is -2.15. The van der Waals surface area contributed by atoms with E-state index >= 15 is 0 Å². The molecule has 9 heteroatoms. The van der Waals surface area contributed by atoms with Gasteiger partial charge in [0.05, 0.1) is 27.9 Å². The molecule has 2 aromatic carbocycles. The summed E-state index contributed by atoms with van der Waals surface area (Å²) in [4.78, 5) is 25.0. The van der Waals surface area contributed by atoms with E-state index in [1.807, 2.05) is 0 Å². The van der Waals surface area contributed by atoms with Gasteiger partial charge in [0.25, 0.3) is 5.91 Å². The highest BCUT2D eigenvalue weighted by atomic mass is 32.2. The van der Waals surface area contributed by atoms with Crippen LogP contribution in [0.5, 0.6) is 23.0 Å². The molecule has 0 spiro atoms. The Hall–Kier alpha value is -3.33. The van der Waals surface area contributed by atoms with Crippen LogP contribution in [0.3, 0.4) is 0 Å². The number of ether oxygens (including phenoxy) is 3. The number of benzene rings is 2. The zero-order valence-electron chi connectivity index (χ0n) is 17.6. The van der Waals surface area contributed by atoms with Gasteiger partial charge in [-0.1, -0.05) is 18.2 Å². The Labute approximate surface area is 182 Å². The van der Waals surface area contributed by atoms with Crippen molar-refractivity contribution in [1.29, 1.82) is 0 Å². The molecule has 0 radical (unpaired) electrons. The molecule has 0 saturated carbocycles. The average Bonchev–Trinajstić information content (AvgIpc) is 2.77. The van der Waals surface area contributed by atoms with Gasteiger partial charge in [0.2, 0.25) is 10.6 Å². The third kappa shape index (κ3) is 4.56. The lowest BCUT2D eigenvalue weighted by molar-refractivity contribution is -0.270. The number of methoxy groups -OCH3 is 3. The highest BCUT2D eigenvalue weighted by Gasteiger charge is 2.24. The maximum Gasteiger partial charge on any atom is 0.391 e. The van der Waals surface area contributed by atoms with Gasteiger partial charge in [0.15, 0.2) is 11.5 Å². The van der Waals surface area contributed by atoms with Crippen LogP contribution in [0, 0.1) is 0 Å². The Morgan fingerprint density at radius 2 is 1.74 bits per heavy atom. The summed E-state index contributed by atoms with van der Waals surface area (Å²) in [6.07, 6.45) is 1.79. The molecule has 3 aromatic rings. The molecule has 0 aliphatic rings. The lowest BCUT2D eigenvalue weighted by atomic mass is 10.1. The van der Waals surface area contributed by atoms with Crippen molar-refractivity contribution in [2.75, 3.05) is 39.9 Å². The summed E-state index contributed by atoms with van der Waals surface area (Å²) in [6.45, 7) is 0.265. The van der Waals surface area contributed by atoms with Gasteiger partial charge in [-0.2, -0.15) is 0 Å². The minimum atomic E-state index is -0.705. The first-order valence-electron chi connectivity index (χ1n) is 9.34. The second kappa shape index (κ2) is 9.65. The molecular weight excluding hydrogens is 422 g/mol. The van der Waals surface area contributed by atoms with E-state index in [1.165, 1.54) is 21.3 Å². The SMILES string of the molecule is COc1cc(C(=O)NCC[S+](C)c2c([O-])c3ccccc3oc2=O)cc(OC)c1OC. The largest absolute Gasteiger partial charge is 0.868 e. The van der Waals surface area contributed by atoms with Gasteiger partial charge in [-0.15, -0.1) is 0 Å². The van der Waals surface area contributed by atoms with Crippen molar-refractivity contribution >= 4 is 27.8 Å². The summed E-state index contributed by atoms with van der Waals surface area (Å²) in [6, 6.07) is 9.75. The van der Waals surface area contributed by atoms with Crippen molar-refractivity contribution in [2.24, 2.45) is 0 Å². The third-order valence-electron chi connectivity index (χ3n) is 4.70. The third-order valence-corrected chi connectivity index (χ3v) is 6.56. The van der Waals surface area contributed by atoms with Crippen LogP contribution in [0.4, 0.5) is 0 Å². The van der Waals surface area contributed by atoms with E-state index < -0.39 is 16.5 Å². The average molecular weight is 445 g/mol. The van der Waals surface area contributed by atoms with E-state index in [1.54, 1.807) is 42.7 Å². The molecule has 0 bridgehead atoms. The second-order valence-corrected chi connectivity index (χ2v) is 8.65. The van der Waals surface area contributed by atoms with Crippen molar-refractivity contribution in [3.8, 4) is 23.0 Å². The number of carbonyl (C=O) groups is 1. The van der Waals surface area contributed by atoms with Gasteiger partial charge in [-0.25, -0.2) is 4.79 Å². The van der Waals surface area contributed by atoms with Crippen LogP contribution in [0.15, 0.2) is 50.5 Å². The molecule has 0 aliphatic heterocycles. The van der Waals surface area contributed by atoms with Crippen LogP contribution >= 0.6 is 0 Å². The first kappa shape index (κ1) is 22.4. The molecule has 1 N–H and O–H groups in total. The van der Waals surface area contributed by atoms with Gasteiger partial charge in [0.1, 0.15) is 17.6 Å². The first-order valence-corrected chi connectivity index (χ1v) is 11.1. The first-order chi connectivity index (χ1) is 14.9. The van der Waals surface area contributed by atoms with Gasteiger partial charge in [-0.3, -0.25) is 4.79 Å². The van der Waals surface area contributed by atoms with Crippen LogP contribution in [0.25, 0.3) is 11.0 Å². The van der Waals surface area contributed by atoms with Crippen LogP contribution in [-0.2, 0) is 10.9 Å². The zero-order valence-corrected chi connectivity index (χ0v) is 18.5. The summed E-state index contributed by atoms with van der Waals surface area (Å²) in [5, 5.41) is 15.9. The number of hydrogen-bond acceptors (Lipinski definition) is 7. The molecule has 1 amide bonds. The fraction of sp³-hybridized carbons (Fsp3) is 0.273. The fourth-order valence-corrected chi connectivity index (χ4v) is 4.50. The molecular formula is C22H23NO7S. The van der Waals surface area contributed by atoms with E-state index in [0.717, 1.165) is 0 Å². The quantitative estimate of drug-likeness (QED) is 0.417. The number of nitrogens with one attached hydrogen (secondary N) is 1. The minimum absolute atomic E-state index is 0.112. The number of amides is 1. The molecule has 0 fully saturated rings. The molecule has 0 aliphatic carbocycles. The molecule has 1 aromatic heterocycles. The van der Waals surface area contributed by atoms with Crippen LogP contribution < -0.4 is 30.3 Å². The number of carbonyl (C=O) groups excluding carboxylic acids is 1. The molecule has 1 atom stereocenters. The molecule has 31 heavy (non-hydrogen) atoms. The van der Waals surface area contributed by atoms with Crippen molar-refractivity contribution in [3.63, 3.8) is 0 Å². The maximum absolute atomic E-state index is 12.7. The molecule has 1 unspecified atom stereocenters. The Morgan fingerprint density at radius 3 is 2.35 bits per heavy atom. The smallest absolute Gasteiger partial charge is 0.391 e. The second-order valence-electron chi connectivity index (χ2n) is 6.56. The Balaban J connectivity index is 1.73. The van der Waals surface area contributed by atoms with E-state index in [2.05, 4.69) is 5.32 Å². The fourth-order valence-electron chi connectivity index (χ4n) is 3.14. The summed E-state index contributed by atoms with van der Waals surface area (Å²) >= 11 is 0. The Kier molecular flexibility index (Phi) is 6.96. The van der Waals surface area contributed by atoms with Crippen molar-refractivity contribution in [1.82, 2.24) is 5.32 Å². The molecule has 3 rings (SSSR count). The van der Waals surface area contributed by atoms with Gasteiger partial charge in [0, 0.05) is 21.8 Å². The predicted molar refractivity (Wildman–Crippen MR) is 117 cm³/mol. The Bertz CT molecular complexity index is 1130. The highest BCUT2D eigenvalue weighted by molar-refractivity contribution is 7.96. The number of rotatable bonds is 8. The Morgan fingerprint density at radius 1 is 1.10 bits per heavy atom.